The first-order chi connectivity index (χ1) is 6.86. The SMILES string of the molecule is O=C(Oc1cccnc1)c1cncs1. The summed E-state index contributed by atoms with van der Waals surface area (Å²) in [5, 5.41) is 0. The Morgan fingerprint density at radius 2 is 2.29 bits per heavy atom. The highest BCUT2D eigenvalue weighted by atomic mass is 32.1. The molecule has 0 aromatic carbocycles. The zero-order valence-electron chi connectivity index (χ0n) is 7.08. The van der Waals surface area contributed by atoms with E-state index in [-0.39, 0.29) is 0 Å². The van der Waals surface area contributed by atoms with Crippen LogP contribution in [0, 0.1) is 0 Å². The van der Waals surface area contributed by atoms with Crippen molar-refractivity contribution in [2.75, 3.05) is 0 Å². The molecule has 0 saturated carbocycles. The summed E-state index contributed by atoms with van der Waals surface area (Å²) in [7, 11) is 0. The normalized spacial score (nSPS) is 9.71. The molecule has 0 fully saturated rings. The average Bonchev–Trinajstić information content (AvgIpc) is 2.72. The molecule has 0 bridgehead atoms. The number of thiazole rings is 1. The van der Waals surface area contributed by atoms with Gasteiger partial charge in [-0.1, -0.05) is 0 Å². The predicted octanol–water partition coefficient (Wildman–Crippen LogP) is 1.76. The van der Waals surface area contributed by atoms with Gasteiger partial charge in [0.15, 0.2) is 0 Å². The molecule has 0 aliphatic carbocycles. The molecule has 4 nitrogen and oxygen atoms in total. The number of rotatable bonds is 2. The lowest BCUT2D eigenvalue weighted by atomic mass is 10.4. The van der Waals surface area contributed by atoms with Crippen molar-refractivity contribution in [1.82, 2.24) is 9.97 Å². The van der Waals surface area contributed by atoms with E-state index in [0.29, 0.717) is 10.6 Å². The Kier molecular flexibility index (Phi) is 2.51. The number of esters is 1. The van der Waals surface area contributed by atoms with Crippen molar-refractivity contribution >= 4 is 17.3 Å². The molecule has 2 heterocycles. The summed E-state index contributed by atoms with van der Waals surface area (Å²) in [6, 6.07) is 3.38. The standard InChI is InChI=1S/C9H6N2O2S/c12-9(8-5-11-6-14-8)13-7-2-1-3-10-4-7/h1-6H. The van der Waals surface area contributed by atoms with Gasteiger partial charge in [-0.05, 0) is 12.1 Å². The molecule has 0 unspecified atom stereocenters. The Morgan fingerprint density at radius 1 is 1.36 bits per heavy atom. The first-order valence-corrected chi connectivity index (χ1v) is 4.75. The molecule has 0 atom stereocenters. The molecule has 2 aromatic heterocycles. The summed E-state index contributed by atoms with van der Waals surface area (Å²) in [6.45, 7) is 0. The van der Waals surface area contributed by atoms with E-state index in [1.165, 1.54) is 23.7 Å². The first-order valence-electron chi connectivity index (χ1n) is 3.87. The van der Waals surface area contributed by atoms with E-state index in [2.05, 4.69) is 9.97 Å². The van der Waals surface area contributed by atoms with Crippen LogP contribution in [0.15, 0.2) is 36.2 Å². The Morgan fingerprint density at radius 3 is 2.93 bits per heavy atom. The minimum Gasteiger partial charge on any atom is -0.421 e. The van der Waals surface area contributed by atoms with Gasteiger partial charge in [-0.2, -0.15) is 0 Å². The zero-order chi connectivity index (χ0) is 9.80. The fourth-order valence-corrected chi connectivity index (χ4v) is 1.38. The third kappa shape index (κ3) is 1.94. The molecule has 5 heteroatoms. The Labute approximate surface area is 84.2 Å². The van der Waals surface area contributed by atoms with Crippen LogP contribution in [0.4, 0.5) is 0 Å². The van der Waals surface area contributed by atoms with Gasteiger partial charge in [0.2, 0.25) is 0 Å². The van der Waals surface area contributed by atoms with Gasteiger partial charge in [-0.15, -0.1) is 11.3 Å². The maximum atomic E-state index is 11.4. The zero-order valence-corrected chi connectivity index (χ0v) is 7.90. The Balaban J connectivity index is 2.10. The Hall–Kier alpha value is -1.75. The van der Waals surface area contributed by atoms with Crippen LogP contribution < -0.4 is 4.74 Å². The van der Waals surface area contributed by atoms with Gasteiger partial charge in [0.1, 0.15) is 10.6 Å². The maximum absolute atomic E-state index is 11.4. The molecule has 0 amide bonds. The van der Waals surface area contributed by atoms with Gasteiger partial charge in [-0.25, -0.2) is 4.79 Å². The second kappa shape index (κ2) is 3.97. The minimum absolute atomic E-state index is 0.402. The molecule has 0 aliphatic rings. The molecule has 2 aromatic rings. The van der Waals surface area contributed by atoms with E-state index in [1.54, 1.807) is 23.8 Å². The van der Waals surface area contributed by atoms with Gasteiger partial charge >= 0.3 is 5.97 Å². The molecule has 0 radical (unpaired) electrons. The van der Waals surface area contributed by atoms with Crippen LogP contribution in [0.2, 0.25) is 0 Å². The van der Waals surface area contributed by atoms with E-state index in [1.807, 2.05) is 0 Å². The Bertz CT molecular complexity index is 414. The molecular weight excluding hydrogens is 200 g/mol. The highest BCUT2D eigenvalue weighted by Gasteiger charge is 2.09. The molecule has 0 N–H and O–H groups in total. The summed E-state index contributed by atoms with van der Waals surface area (Å²) in [6.07, 6.45) is 4.58. The van der Waals surface area contributed by atoms with E-state index in [0.717, 1.165) is 0 Å². The second-order valence-corrected chi connectivity index (χ2v) is 3.33. The van der Waals surface area contributed by atoms with Crippen molar-refractivity contribution in [1.29, 1.82) is 0 Å². The highest BCUT2D eigenvalue weighted by Crippen LogP contribution is 2.12. The van der Waals surface area contributed by atoms with Crippen molar-refractivity contribution in [3.8, 4) is 5.75 Å². The van der Waals surface area contributed by atoms with Crippen LogP contribution in [0.5, 0.6) is 5.75 Å². The maximum Gasteiger partial charge on any atom is 0.355 e. The van der Waals surface area contributed by atoms with Gasteiger partial charge < -0.3 is 4.74 Å². The highest BCUT2D eigenvalue weighted by molar-refractivity contribution is 7.11. The van der Waals surface area contributed by atoms with Gasteiger partial charge in [0.25, 0.3) is 0 Å². The van der Waals surface area contributed by atoms with Gasteiger partial charge in [0.05, 0.1) is 17.9 Å². The number of pyridine rings is 1. The minimum atomic E-state index is -0.402. The lowest BCUT2D eigenvalue weighted by Gasteiger charge is -1.99. The summed E-state index contributed by atoms with van der Waals surface area (Å²) in [5.74, 6) is 0.0337. The number of ether oxygens (including phenoxy) is 1. The molecule has 0 aliphatic heterocycles. The van der Waals surface area contributed by atoms with Crippen LogP contribution in [0.25, 0.3) is 0 Å². The third-order valence-corrected chi connectivity index (χ3v) is 2.23. The van der Waals surface area contributed by atoms with Gasteiger partial charge in [-0.3, -0.25) is 9.97 Å². The average molecular weight is 206 g/mol. The quantitative estimate of drug-likeness (QED) is 0.702. The smallest absolute Gasteiger partial charge is 0.355 e. The summed E-state index contributed by atoms with van der Waals surface area (Å²) in [5.41, 5.74) is 1.58. The molecule has 70 valence electrons. The lowest BCUT2D eigenvalue weighted by molar-refractivity contribution is 0.0739. The number of hydrogen-bond acceptors (Lipinski definition) is 5. The summed E-state index contributed by atoms with van der Waals surface area (Å²) >= 11 is 1.24. The van der Waals surface area contributed by atoms with Crippen LogP contribution in [-0.4, -0.2) is 15.9 Å². The number of carbonyl (C=O) groups excluding carboxylic acids is 1. The second-order valence-electron chi connectivity index (χ2n) is 2.44. The molecule has 0 spiro atoms. The van der Waals surface area contributed by atoms with Crippen molar-refractivity contribution < 1.29 is 9.53 Å². The molecular formula is C9H6N2O2S. The number of hydrogen-bond donors (Lipinski definition) is 0. The number of nitrogens with zero attached hydrogens (tertiary/aromatic N) is 2. The van der Waals surface area contributed by atoms with Crippen molar-refractivity contribution in [3.63, 3.8) is 0 Å². The molecule has 2 rings (SSSR count). The van der Waals surface area contributed by atoms with E-state index >= 15 is 0 Å². The van der Waals surface area contributed by atoms with E-state index in [9.17, 15) is 4.79 Å². The van der Waals surface area contributed by atoms with Gasteiger partial charge in [0, 0.05) is 6.20 Å². The summed E-state index contributed by atoms with van der Waals surface area (Å²) in [4.78, 5) is 19.5. The fourth-order valence-electron chi connectivity index (χ4n) is 0.881. The predicted molar refractivity (Wildman–Crippen MR) is 51.3 cm³/mol. The van der Waals surface area contributed by atoms with Crippen LogP contribution in [-0.2, 0) is 0 Å². The topological polar surface area (TPSA) is 52.1 Å². The van der Waals surface area contributed by atoms with Crippen LogP contribution in [0.3, 0.4) is 0 Å². The van der Waals surface area contributed by atoms with Crippen molar-refractivity contribution in [2.24, 2.45) is 0 Å². The summed E-state index contributed by atoms with van der Waals surface area (Å²) < 4.78 is 5.03. The van der Waals surface area contributed by atoms with Crippen molar-refractivity contribution in [2.45, 2.75) is 0 Å². The monoisotopic (exact) mass is 206 g/mol. The first kappa shape index (κ1) is 8.83. The van der Waals surface area contributed by atoms with Crippen molar-refractivity contribution in [3.05, 3.63) is 41.1 Å². The van der Waals surface area contributed by atoms with Crippen LogP contribution >= 0.6 is 11.3 Å². The van der Waals surface area contributed by atoms with E-state index in [4.69, 9.17) is 4.74 Å². The molecule has 14 heavy (non-hydrogen) atoms. The fraction of sp³-hybridized carbons (Fsp3) is 0. The molecule has 0 saturated heterocycles. The lowest BCUT2D eigenvalue weighted by Crippen LogP contribution is -2.06. The van der Waals surface area contributed by atoms with E-state index < -0.39 is 5.97 Å². The largest absolute Gasteiger partial charge is 0.421 e. The number of aromatic nitrogens is 2. The number of carbonyl (C=O) groups is 1. The van der Waals surface area contributed by atoms with Crippen LogP contribution in [0.1, 0.15) is 9.67 Å². The third-order valence-electron chi connectivity index (χ3n) is 1.48.